The van der Waals surface area contributed by atoms with E-state index in [1.165, 1.54) is 6.26 Å². The number of carboxylic acid groups (broad SMARTS) is 1. The van der Waals surface area contributed by atoms with Gasteiger partial charge in [-0.2, -0.15) is 0 Å². The van der Waals surface area contributed by atoms with E-state index in [1.807, 2.05) is 0 Å². The van der Waals surface area contributed by atoms with Gasteiger partial charge in [0.2, 0.25) is 0 Å². The molecule has 2 unspecified atom stereocenters. The van der Waals surface area contributed by atoms with Crippen LogP contribution in [0, 0.1) is 0 Å². The van der Waals surface area contributed by atoms with Crippen molar-refractivity contribution in [2.45, 2.75) is 25.1 Å². The average Bonchev–Trinajstić information content (AvgIpc) is 2.32. The van der Waals surface area contributed by atoms with E-state index in [1.54, 1.807) is 6.92 Å². The molecule has 1 rings (SSSR count). The zero-order valence-corrected chi connectivity index (χ0v) is 7.15. The molecule has 0 aromatic carbocycles. The molecule has 74 valence electrons. The number of aliphatic carboxylic acids is 1. The van der Waals surface area contributed by atoms with Crippen LogP contribution in [0.3, 0.4) is 0 Å². The number of rotatable bonds is 3. The van der Waals surface area contributed by atoms with E-state index in [0.717, 1.165) is 0 Å². The SMILES string of the molecule is CC1=CONC1(O)CC(N)C(=O)O. The summed E-state index contributed by atoms with van der Waals surface area (Å²) in [6, 6.07) is -1.12. The fourth-order valence-corrected chi connectivity index (χ4v) is 1.00. The monoisotopic (exact) mass is 188 g/mol. The lowest BCUT2D eigenvalue weighted by Gasteiger charge is -2.24. The number of nitrogens with two attached hydrogens (primary N) is 1. The van der Waals surface area contributed by atoms with Crippen molar-refractivity contribution >= 4 is 5.97 Å². The minimum atomic E-state index is -1.46. The number of hydroxylamine groups is 1. The summed E-state index contributed by atoms with van der Waals surface area (Å²) >= 11 is 0. The summed E-state index contributed by atoms with van der Waals surface area (Å²) < 4.78 is 0. The van der Waals surface area contributed by atoms with Crippen molar-refractivity contribution in [2.75, 3.05) is 0 Å². The summed E-state index contributed by atoms with van der Waals surface area (Å²) in [7, 11) is 0. The summed E-state index contributed by atoms with van der Waals surface area (Å²) in [4.78, 5) is 15.1. The molecule has 0 fully saturated rings. The maximum Gasteiger partial charge on any atom is 0.320 e. The van der Waals surface area contributed by atoms with Crippen LogP contribution < -0.4 is 11.2 Å². The van der Waals surface area contributed by atoms with Crippen LogP contribution in [0.5, 0.6) is 0 Å². The van der Waals surface area contributed by atoms with Gasteiger partial charge in [-0.1, -0.05) is 0 Å². The van der Waals surface area contributed by atoms with Crippen molar-refractivity contribution in [1.29, 1.82) is 0 Å². The quantitative estimate of drug-likeness (QED) is 0.449. The summed E-state index contributed by atoms with van der Waals surface area (Å²) in [6.07, 6.45) is 1.18. The van der Waals surface area contributed by atoms with E-state index in [-0.39, 0.29) is 6.42 Å². The van der Waals surface area contributed by atoms with Crippen LogP contribution in [-0.4, -0.2) is 27.9 Å². The molecule has 0 radical (unpaired) electrons. The topological polar surface area (TPSA) is 105 Å². The predicted octanol–water partition coefficient (Wildman–Crippen LogP) is -1.08. The van der Waals surface area contributed by atoms with Gasteiger partial charge >= 0.3 is 5.97 Å². The zero-order valence-electron chi connectivity index (χ0n) is 7.15. The molecule has 0 aromatic heterocycles. The number of hydrogen-bond donors (Lipinski definition) is 4. The van der Waals surface area contributed by atoms with Gasteiger partial charge in [0.05, 0.1) is 0 Å². The van der Waals surface area contributed by atoms with Crippen LogP contribution in [0.1, 0.15) is 13.3 Å². The van der Waals surface area contributed by atoms with Crippen molar-refractivity contribution in [1.82, 2.24) is 5.48 Å². The van der Waals surface area contributed by atoms with E-state index in [2.05, 4.69) is 10.3 Å². The average molecular weight is 188 g/mol. The van der Waals surface area contributed by atoms with E-state index in [0.29, 0.717) is 5.57 Å². The number of carboxylic acids is 1. The van der Waals surface area contributed by atoms with Gasteiger partial charge in [-0.25, -0.2) is 0 Å². The van der Waals surface area contributed by atoms with Gasteiger partial charge in [-0.3, -0.25) is 4.79 Å². The van der Waals surface area contributed by atoms with Gasteiger partial charge in [0.15, 0.2) is 5.72 Å². The fraction of sp³-hybridized carbons (Fsp3) is 0.571. The van der Waals surface area contributed by atoms with Gasteiger partial charge in [-0.15, -0.1) is 5.48 Å². The normalized spacial score (nSPS) is 29.3. The first-order chi connectivity index (χ1) is 5.96. The highest BCUT2D eigenvalue weighted by Crippen LogP contribution is 2.23. The Morgan fingerprint density at radius 1 is 1.92 bits per heavy atom. The first-order valence-corrected chi connectivity index (χ1v) is 3.76. The van der Waals surface area contributed by atoms with Crippen LogP contribution in [0.4, 0.5) is 0 Å². The third kappa shape index (κ3) is 1.97. The molecule has 2 atom stereocenters. The Morgan fingerprint density at radius 2 is 2.54 bits per heavy atom. The minimum Gasteiger partial charge on any atom is -0.480 e. The van der Waals surface area contributed by atoms with Gasteiger partial charge in [0, 0.05) is 12.0 Å². The van der Waals surface area contributed by atoms with Crippen molar-refractivity contribution in [3.63, 3.8) is 0 Å². The largest absolute Gasteiger partial charge is 0.480 e. The molecule has 1 aliphatic rings. The second kappa shape index (κ2) is 3.33. The third-order valence-corrected chi connectivity index (χ3v) is 1.95. The molecular weight excluding hydrogens is 176 g/mol. The Bertz CT molecular complexity index is 253. The fourth-order valence-electron chi connectivity index (χ4n) is 1.00. The highest BCUT2D eigenvalue weighted by atomic mass is 16.7. The van der Waals surface area contributed by atoms with Crippen LogP contribution in [0.15, 0.2) is 11.8 Å². The molecule has 0 aromatic rings. The highest BCUT2D eigenvalue weighted by Gasteiger charge is 2.37. The molecule has 0 amide bonds. The lowest BCUT2D eigenvalue weighted by atomic mass is 9.99. The van der Waals surface area contributed by atoms with Crippen molar-refractivity contribution < 1.29 is 19.8 Å². The first-order valence-electron chi connectivity index (χ1n) is 3.76. The highest BCUT2D eigenvalue weighted by molar-refractivity contribution is 5.73. The van der Waals surface area contributed by atoms with Crippen molar-refractivity contribution in [3.05, 3.63) is 11.8 Å². The zero-order chi connectivity index (χ0) is 10.1. The standard InChI is InChI=1S/C7H12N2O4/c1-4-3-13-9-7(4,12)2-5(8)6(10)11/h3,5,9,12H,2,8H2,1H3,(H,10,11). The van der Waals surface area contributed by atoms with Gasteiger partial charge in [-0.05, 0) is 6.92 Å². The maximum absolute atomic E-state index is 10.4. The molecule has 5 N–H and O–H groups in total. The molecule has 0 saturated heterocycles. The Labute approximate surface area is 74.9 Å². The van der Waals surface area contributed by atoms with Gasteiger partial charge in [0.25, 0.3) is 0 Å². The van der Waals surface area contributed by atoms with E-state index >= 15 is 0 Å². The Morgan fingerprint density at radius 3 is 2.92 bits per heavy atom. The molecule has 0 bridgehead atoms. The van der Waals surface area contributed by atoms with Gasteiger partial charge in [0.1, 0.15) is 12.3 Å². The molecule has 0 saturated carbocycles. The minimum absolute atomic E-state index is 0.134. The van der Waals surface area contributed by atoms with Crippen LogP contribution in [-0.2, 0) is 9.63 Å². The molecule has 1 heterocycles. The molecule has 0 aliphatic carbocycles. The third-order valence-electron chi connectivity index (χ3n) is 1.95. The summed E-state index contributed by atoms with van der Waals surface area (Å²) in [5.74, 6) is -1.16. The second-order valence-electron chi connectivity index (χ2n) is 3.03. The lowest BCUT2D eigenvalue weighted by molar-refractivity contribution is -0.141. The molecule has 6 heteroatoms. The first kappa shape index (κ1) is 9.97. The Balaban J connectivity index is 2.62. The van der Waals surface area contributed by atoms with E-state index in [9.17, 15) is 9.90 Å². The van der Waals surface area contributed by atoms with Crippen molar-refractivity contribution in [2.24, 2.45) is 5.73 Å². The molecule has 6 nitrogen and oxygen atoms in total. The Hall–Kier alpha value is -1.11. The van der Waals surface area contributed by atoms with Crippen molar-refractivity contribution in [3.8, 4) is 0 Å². The number of nitrogens with one attached hydrogen (secondary N) is 1. The van der Waals surface area contributed by atoms with E-state index < -0.39 is 17.7 Å². The Kier molecular flexibility index (Phi) is 2.55. The number of aliphatic hydroxyl groups is 1. The second-order valence-corrected chi connectivity index (χ2v) is 3.03. The van der Waals surface area contributed by atoms with Crippen LogP contribution >= 0.6 is 0 Å². The predicted molar refractivity (Wildman–Crippen MR) is 43.2 cm³/mol. The molecule has 13 heavy (non-hydrogen) atoms. The lowest BCUT2D eigenvalue weighted by Crippen LogP contribution is -2.48. The van der Waals surface area contributed by atoms with E-state index in [4.69, 9.17) is 10.8 Å². The summed E-state index contributed by atoms with van der Waals surface area (Å²) in [5.41, 5.74) is 6.59. The number of carbonyl (C=O) groups is 1. The van der Waals surface area contributed by atoms with Crippen LogP contribution in [0.25, 0.3) is 0 Å². The molecular formula is C7H12N2O4. The summed E-state index contributed by atoms with van der Waals surface area (Å²) in [5, 5.41) is 18.3. The molecule has 1 aliphatic heterocycles. The smallest absolute Gasteiger partial charge is 0.320 e. The number of hydrogen-bond acceptors (Lipinski definition) is 5. The van der Waals surface area contributed by atoms with Gasteiger partial charge < -0.3 is 20.8 Å². The van der Waals surface area contributed by atoms with Crippen LogP contribution in [0.2, 0.25) is 0 Å². The summed E-state index contributed by atoms with van der Waals surface area (Å²) in [6.45, 7) is 1.62. The molecule has 0 spiro atoms. The maximum atomic E-state index is 10.4.